The van der Waals surface area contributed by atoms with Crippen LogP contribution in [-0.2, 0) is 4.79 Å². The predicted molar refractivity (Wildman–Crippen MR) is 116 cm³/mol. The van der Waals surface area contributed by atoms with Gasteiger partial charge in [-0.05, 0) is 49.2 Å². The lowest BCUT2D eigenvalue weighted by molar-refractivity contribution is -0.126. The van der Waals surface area contributed by atoms with Crippen LogP contribution in [0.2, 0.25) is 10.0 Å². The van der Waals surface area contributed by atoms with Crippen LogP contribution in [0.15, 0.2) is 42.5 Å². The van der Waals surface area contributed by atoms with E-state index in [1.54, 1.807) is 23.1 Å². The lowest BCUT2D eigenvalue weighted by atomic mass is 9.96. The van der Waals surface area contributed by atoms with Crippen molar-refractivity contribution in [2.24, 2.45) is 5.92 Å². The van der Waals surface area contributed by atoms with Gasteiger partial charge in [0.25, 0.3) is 5.91 Å². The first-order valence-corrected chi connectivity index (χ1v) is 10.7. The third kappa shape index (κ3) is 6.32. The summed E-state index contributed by atoms with van der Waals surface area (Å²) >= 11 is 12.0. The number of carbonyl (C=O) groups is 2. The van der Waals surface area contributed by atoms with Crippen molar-refractivity contribution in [3.05, 3.63) is 63.9 Å². The summed E-state index contributed by atoms with van der Waals surface area (Å²) in [7, 11) is 0. The van der Waals surface area contributed by atoms with Gasteiger partial charge in [0.1, 0.15) is 29.3 Å². The van der Waals surface area contributed by atoms with Crippen LogP contribution in [0.3, 0.4) is 0 Å². The van der Waals surface area contributed by atoms with Gasteiger partial charge in [0.2, 0.25) is 5.91 Å². The lowest BCUT2D eigenvalue weighted by Crippen LogP contribution is -2.47. The molecule has 3 rings (SSSR count). The molecule has 1 aliphatic rings. The fourth-order valence-electron chi connectivity index (χ4n) is 3.35. The molecule has 0 aromatic heterocycles. The van der Waals surface area contributed by atoms with Gasteiger partial charge in [0, 0.05) is 25.2 Å². The van der Waals surface area contributed by atoms with Crippen molar-refractivity contribution in [1.29, 1.82) is 0 Å². The van der Waals surface area contributed by atoms with Crippen molar-refractivity contribution in [2.45, 2.75) is 18.9 Å². The number of likely N-dealkylation sites (tertiary alicyclic amines) is 1. The quantitative estimate of drug-likeness (QED) is 0.651. The SMILES string of the molecule is O=C(NCC(O)COc1cccc(Cl)c1Cl)C1CCCN(C(=O)c2ccc(F)cc2)C1. The van der Waals surface area contributed by atoms with Crippen molar-refractivity contribution in [1.82, 2.24) is 10.2 Å². The van der Waals surface area contributed by atoms with E-state index in [0.717, 1.165) is 0 Å². The van der Waals surface area contributed by atoms with Gasteiger partial charge in [0.05, 0.1) is 10.9 Å². The first kappa shape index (κ1) is 23.3. The van der Waals surface area contributed by atoms with E-state index in [1.807, 2.05) is 0 Å². The number of nitrogens with zero attached hydrogens (tertiary/aromatic N) is 1. The van der Waals surface area contributed by atoms with Crippen LogP contribution in [0, 0.1) is 11.7 Å². The van der Waals surface area contributed by atoms with Gasteiger partial charge in [0.15, 0.2) is 0 Å². The van der Waals surface area contributed by atoms with Gasteiger partial charge in [-0.25, -0.2) is 4.39 Å². The summed E-state index contributed by atoms with van der Waals surface area (Å²) in [5.74, 6) is -0.913. The average Bonchev–Trinajstić information content (AvgIpc) is 2.78. The average molecular weight is 469 g/mol. The molecule has 1 heterocycles. The number of halogens is 3. The van der Waals surface area contributed by atoms with E-state index in [1.165, 1.54) is 24.3 Å². The van der Waals surface area contributed by atoms with Gasteiger partial charge in [-0.15, -0.1) is 0 Å². The van der Waals surface area contributed by atoms with Crippen LogP contribution >= 0.6 is 23.2 Å². The number of carbonyl (C=O) groups excluding carboxylic acids is 2. The Morgan fingerprint density at radius 2 is 1.97 bits per heavy atom. The number of nitrogens with one attached hydrogen (secondary N) is 1. The number of aliphatic hydroxyl groups is 1. The molecule has 1 fully saturated rings. The van der Waals surface area contributed by atoms with Gasteiger partial charge in [-0.1, -0.05) is 29.3 Å². The molecule has 6 nitrogen and oxygen atoms in total. The molecule has 2 unspecified atom stereocenters. The third-order valence-electron chi connectivity index (χ3n) is 5.03. The fraction of sp³-hybridized carbons (Fsp3) is 0.364. The zero-order valence-corrected chi connectivity index (χ0v) is 18.2. The van der Waals surface area contributed by atoms with E-state index in [2.05, 4.69) is 5.32 Å². The molecule has 0 saturated carbocycles. The summed E-state index contributed by atoms with van der Waals surface area (Å²) in [4.78, 5) is 26.7. The Kier molecular flexibility index (Phi) is 8.12. The second-order valence-electron chi connectivity index (χ2n) is 7.36. The van der Waals surface area contributed by atoms with E-state index in [-0.39, 0.29) is 42.5 Å². The van der Waals surface area contributed by atoms with Crippen LogP contribution < -0.4 is 10.1 Å². The number of hydrogen-bond donors (Lipinski definition) is 2. The molecule has 31 heavy (non-hydrogen) atoms. The molecule has 0 radical (unpaired) electrons. The van der Waals surface area contributed by atoms with Crippen molar-refractivity contribution in [2.75, 3.05) is 26.2 Å². The summed E-state index contributed by atoms with van der Waals surface area (Å²) in [6.45, 7) is 0.739. The van der Waals surface area contributed by atoms with Crippen LogP contribution in [0.1, 0.15) is 23.2 Å². The van der Waals surface area contributed by atoms with Crippen molar-refractivity contribution >= 4 is 35.0 Å². The molecule has 1 aliphatic heterocycles. The van der Waals surface area contributed by atoms with Gasteiger partial charge in [-0.2, -0.15) is 0 Å². The van der Waals surface area contributed by atoms with E-state index >= 15 is 0 Å². The smallest absolute Gasteiger partial charge is 0.253 e. The van der Waals surface area contributed by atoms with Gasteiger partial charge in [-0.3, -0.25) is 9.59 Å². The monoisotopic (exact) mass is 468 g/mol. The van der Waals surface area contributed by atoms with E-state index in [0.29, 0.717) is 35.7 Å². The number of ether oxygens (including phenoxy) is 1. The summed E-state index contributed by atoms with van der Waals surface area (Å²) < 4.78 is 18.5. The van der Waals surface area contributed by atoms with E-state index in [4.69, 9.17) is 27.9 Å². The molecular formula is C22H23Cl2FN2O4. The minimum atomic E-state index is -0.945. The van der Waals surface area contributed by atoms with Crippen LogP contribution in [0.5, 0.6) is 5.75 Å². The topological polar surface area (TPSA) is 78.9 Å². The Hall–Kier alpha value is -2.35. The maximum absolute atomic E-state index is 13.1. The molecular weight excluding hydrogens is 446 g/mol. The summed E-state index contributed by atoms with van der Waals surface area (Å²) in [5.41, 5.74) is 0.384. The Morgan fingerprint density at radius 1 is 1.23 bits per heavy atom. The van der Waals surface area contributed by atoms with Gasteiger partial charge < -0.3 is 20.1 Å². The molecule has 0 aliphatic carbocycles. The third-order valence-corrected chi connectivity index (χ3v) is 5.83. The van der Waals surface area contributed by atoms with Crippen molar-refractivity contribution in [3.8, 4) is 5.75 Å². The highest BCUT2D eigenvalue weighted by Gasteiger charge is 2.29. The predicted octanol–water partition coefficient (Wildman–Crippen LogP) is 3.54. The zero-order chi connectivity index (χ0) is 22.4. The van der Waals surface area contributed by atoms with E-state index < -0.39 is 11.9 Å². The number of amides is 2. The highest BCUT2D eigenvalue weighted by atomic mass is 35.5. The second kappa shape index (κ2) is 10.8. The first-order valence-electron chi connectivity index (χ1n) is 9.92. The molecule has 2 amide bonds. The molecule has 2 N–H and O–H groups in total. The number of hydrogen-bond acceptors (Lipinski definition) is 4. The molecule has 0 spiro atoms. The highest BCUT2D eigenvalue weighted by molar-refractivity contribution is 6.42. The van der Waals surface area contributed by atoms with Crippen LogP contribution in [-0.4, -0.2) is 54.2 Å². The molecule has 0 bridgehead atoms. The molecule has 1 saturated heterocycles. The Morgan fingerprint density at radius 3 is 2.71 bits per heavy atom. The Labute approximate surface area is 189 Å². The standard InChI is InChI=1S/C22H23Cl2FN2O4/c23-18-4-1-5-19(20(18)24)31-13-17(28)11-26-21(29)15-3-2-10-27(12-15)22(30)14-6-8-16(25)9-7-14/h1,4-9,15,17,28H,2-3,10-13H2,(H,26,29). The number of rotatable bonds is 7. The van der Waals surface area contributed by atoms with Crippen molar-refractivity contribution < 1.29 is 23.8 Å². The van der Waals surface area contributed by atoms with Crippen LogP contribution in [0.4, 0.5) is 4.39 Å². The van der Waals surface area contributed by atoms with E-state index in [9.17, 15) is 19.1 Å². The summed E-state index contributed by atoms with van der Waals surface area (Å²) in [6, 6.07) is 10.3. The molecule has 2 aromatic rings. The number of benzene rings is 2. The molecule has 2 atom stereocenters. The Balaban J connectivity index is 1.46. The molecule has 166 valence electrons. The minimum absolute atomic E-state index is 0.000569. The maximum Gasteiger partial charge on any atom is 0.253 e. The van der Waals surface area contributed by atoms with Crippen molar-refractivity contribution in [3.63, 3.8) is 0 Å². The normalized spacial score (nSPS) is 17.2. The van der Waals surface area contributed by atoms with Gasteiger partial charge >= 0.3 is 0 Å². The first-order chi connectivity index (χ1) is 14.8. The largest absolute Gasteiger partial charge is 0.489 e. The molecule has 9 heteroatoms. The summed E-state index contributed by atoms with van der Waals surface area (Å²) in [5, 5.41) is 13.4. The lowest BCUT2D eigenvalue weighted by Gasteiger charge is -2.32. The number of aliphatic hydroxyl groups excluding tert-OH is 1. The highest BCUT2D eigenvalue weighted by Crippen LogP contribution is 2.31. The maximum atomic E-state index is 13.1. The molecule has 2 aromatic carbocycles. The fourth-order valence-corrected chi connectivity index (χ4v) is 3.70. The number of piperidine rings is 1. The summed E-state index contributed by atoms with van der Waals surface area (Å²) in [6.07, 6.45) is 0.382. The van der Waals surface area contributed by atoms with Crippen LogP contribution in [0.25, 0.3) is 0 Å². The zero-order valence-electron chi connectivity index (χ0n) is 16.7. The minimum Gasteiger partial charge on any atom is -0.489 e. The Bertz CT molecular complexity index is 926. The second-order valence-corrected chi connectivity index (χ2v) is 8.14.